The molecule has 0 aromatic carbocycles. The SMILES string of the molecule is CC(C)NC(=O)C=Cc1cnc[nH]1. The zero-order valence-corrected chi connectivity index (χ0v) is 7.74. The third-order valence-corrected chi connectivity index (χ3v) is 1.36. The highest BCUT2D eigenvalue weighted by atomic mass is 16.1. The molecule has 2 N–H and O–H groups in total. The molecule has 0 aliphatic rings. The molecule has 70 valence electrons. The van der Waals surface area contributed by atoms with E-state index < -0.39 is 0 Å². The van der Waals surface area contributed by atoms with Gasteiger partial charge in [0, 0.05) is 12.1 Å². The van der Waals surface area contributed by atoms with Gasteiger partial charge in [0.1, 0.15) is 0 Å². The van der Waals surface area contributed by atoms with Gasteiger partial charge in [-0.3, -0.25) is 4.79 Å². The molecule has 0 radical (unpaired) electrons. The van der Waals surface area contributed by atoms with Crippen LogP contribution in [0, 0.1) is 0 Å². The van der Waals surface area contributed by atoms with Crippen molar-refractivity contribution >= 4 is 12.0 Å². The minimum absolute atomic E-state index is 0.0930. The van der Waals surface area contributed by atoms with Gasteiger partial charge < -0.3 is 10.3 Å². The summed E-state index contributed by atoms with van der Waals surface area (Å²) in [5, 5.41) is 2.75. The predicted octanol–water partition coefficient (Wildman–Crippen LogP) is 0.947. The van der Waals surface area contributed by atoms with Crippen LogP contribution >= 0.6 is 0 Å². The molecular weight excluding hydrogens is 166 g/mol. The lowest BCUT2D eigenvalue weighted by Crippen LogP contribution is -2.28. The van der Waals surface area contributed by atoms with Crippen molar-refractivity contribution < 1.29 is 4.79 Å². The lowest BCUT2D eigenvalue weighted by Gasteiger charge is -2.03. The minimum atomic E-state index is -0.0930. The molecular formula is C9H13N3O. The normalized spacial score (nSPS) is 11.0. The van der Waals surface area contributed by atoms with Crippen molar-refractivity contribution in [1.82, 2.24) is 15.3 Å². The Bertz CT molecular complexity index is 288. The summed E-state index contributed by atoms with van der Waals surface area (Å²) in [5.41, 5.74) is 0.818. The number of hydrogen-bond donors (Lipinski definition) is 2. The molecule has 13 heavy (non-hydrogen) atoms. The maximum Gasteiger partial charge on any atom is 0.244 e. The van der Waals surface area contributed by atoms with Crippen molar-refractivity contribution in [3.63, 3.8) is 0 Å². The Hall–Kier alpha value is -1.58. The van der Waals surface area contributed by atoms with Gasteiger partial charge in [-0.25, -0.2) is 4.98 Å². The highest BCUT2D eigenvalue weighted by molar-refractivity contribution is 5.91. The van der Waals surface area contributed by atoms with E-state index in [4.69, 9.17) is 0 Å². The first-order valence-corrected chi connectivity index (χ1v) is 4.15. The van der Waals surface area contributed by atoms with Crippen molar-refractivity contribution in [3.05, 3.63) is 24.3 Å². The largest absolute Gasteiger partial charge is 0.350 e. The van der Waals surface area contributed by atoms with Crippen LogP contribution in [0.1, 0.15) is 19.5 Å². The molecule has 4 nitrogen and oxygen atoms in total. The van der Waals surface area contributed by atoms with Crippen LogP contribution < -0.4 is 5.32 Å². The van der Waals surface area contributed by atoms with Crippen molar-refractivity contribution in [2.75, 3.05) is 0 Å². The van der Waals surface area contributed by atoms with Crippen molar-refractivity contribution in [2.24, 2.45) is 0 Å². The average molecular weight is 179 g/mol. The summed E-state index contributed by atoms with van der Waals surface area (Å²) in [4.78, 5) is 17.8. The van der Waals surface area contributed by atoms with Gasteiger partial charge in [0.2, 0.25) is 5.91 Å². The fourth-order valence-electron chi connectivity index (χ4n) is 0.856. The fourth-order valence-corrected chi connectivity index (χ4v) is 0.856. The van der Waals surface area contributed by atoms with Gasteiger partial charge in [-0.1, -0.05) is 0 Å². The second kappa shape index (κ2) is 4.45. The van der Waals surface area contributed by atoms with Crippen LogP contribution in [0.3, 0.4) is 0 Å². The van der Waals surface area contributed by atoms with E-state index >= 15 is 0 Å². The first-order chi connectivity index (χ1) is 6.18. The van der Waals surface area contributed by atoms with E-state index in [9.17, 15) is 4.79 Å². The van der Waals surface area contributed by atoms with Gasteiger partial charge in [0.05, 0.1) is 18.2 Å². The summed E-state index contributed by atoms with van der Waals surface area (Å²) in [6.07, 6.45) is 6.39. The van der Waals surface area contributed by atoms with Crippen LogP contribution in [0.2, 0.25) is 0 Å². The first kappa shape index (κ1) is 9.51. The van der Waals surface area contributed by atoms with E-state index in [0.29, 0.717) is 0 Å². The number of nitrogens with one attached hydrogen (secondary N) is 2. The highest BCUT2D eigenvalue weighted by Crippen LogP contribution is 1.93. The molecule has 0 aliphatic carbocycles. The molecule has 0 atom stereocenters. The summed E-state index contributed by atoms with van der Waals surface area (Å²) in [7, 11) is 0. The summed E-state index contributed by atoms with van der Waals surface area (Å²) in [6.45, 7) is 3.84. The number of aromatic nitrogens is 2. The Morgan fingerprint density at radius 3 is 3.00 bits per heavy atom. The molecule has 1 amide bonds. The lowest BCUT2D eigenvalue weighted by molar-refractivity contribution is -0.116. The van der Waals surface area contributed by atoms with E-state index in [1.54, 1.807) is 18.6 Å². The Kier molecular flexibility index (Phi) is 3.25. The van der Waals surface area contributed by atoms with Gasteiger partial charge in [0.15, 0.2) is 0 Å². The molecule has 1 aromatic rings. The van der Waals surface area contributed by atoms with E-state index in [-0.39, 0.29) is 11.9 Å². The summed E-state index contributed by atoms with van der Waals surface area (Å²) in [6, 6.07) is 0.166. The van der Waals surface area contributed by atoms with Crippen LogP contribution in [0.25, 0.3) is 6.08 Å². The van der Waals surface area contributed by atoms with Gasteiger partial charge in [-0.05, 0) is 19.9 Å². The lowest BCUT2D eigenvalue weighted by atomic mass is 10.3. The third-order valence-electron chi connectivity index (χ3n) is 1.36. The highest BCUT2D eigenvalue weighted by Gasteiger charge is 1.96. The van der Waals surface area contributed by atoms with Gasteiger partial charge in [-0.2, -0.15) is 0 Å². The van der Waals surface area contributed by atoms with E-state index in [1.807, 2.05) is 13.8 Å². The fraction of sp³-hybridized carbons (Fsp3) is 0.333. The number of amides is 1. The quantitative estimate of drug-likeness (QED) is 0.679. The number of hydrogen-bond acceptors (Lipinski definition) is 2. The standard InChI is InChI=1S/C9H13N3O/c1-7(2)12-9(13)4-3-8-5-10-6-11-8/h3-7H,1-2H3,(H,10,11)(H,12,13). The van der Waals surface area contributed by atoms with Gasteiger partial charge in [0.25, 0.3) is 0 Å². The van der Waals surface area contributed by atoms with E-state index in [1.165, 1.54) is 6.08 Å². The topological polar surface area (TPSA) is 57.8 Å². The smallest absolute Gasteiger partial charge is 0.244 e. The van der Waals surface area contributed by atoms with Crippen LogP contribution in [0.15, 0.2) is 18.6 Å². The summed E-state index contributed by atoms with van der Waals surface area (Å²) in [5.74, 6) is -0.0930. The Morgan fingerprint density at radius 2 is 2.46 bits per heavy atom. The number of aromatic amines is 1. The number of rotatable bonds is 3. The zero-order chi connectivity index (χ0) is 9.68. The average Bonchev–Trinajstić information content (AvgIpc) is 2.51. The molecule has 0 fully saturated rings. The first-order valence-electron chi connectivity index (χ1n) is 4.15. The van der Waals surface area contributed by atoms with Crippen molar-refractivity contribution in [2.45, 2.75) is 19.9 Å². The maximum atomic E-state index is 11.1. The molecule has 0 spiro atoms. The molecule has 1 rings (SSSR count). The number of carbonyl (C=O) groups is 1. The molecule has 4 heteroatoms. The van der Waals surface area contributed by atoms with Crippen LogP contribution in [0.5, 0.6) is 0 Å². The molecule has 0 saturated carbocycles. The second-order valence-electron chi connectivity index (χ2n) is 3.00. The number of imidazole rings is 1. The van der Waals surface area contributed by atoms with Crippen molar-refractivity contribution in [1.29, 1.82) is 0 Å². The van der Waals surface area contributed by atoms with Crippen LogP contribution in [0.4, 0.5) is 0 Å². The van der Waals surface area contributed by atoms with E-state index in [2.05, 4.69) is 15.3 Å². The molecule has 1 heterocycles. The van der Waals surface area contributed by atoms with Crippen molar-refractivity contribution in [3.8, 4) is 0 Å². The van der Waals surface area contributed by atoms with Gasteiger partial charge in [-0.15, -0.1) is 0 Å². The molecule has 0 bridgehead atoms. The van der Waals surface area contributed by atoms with Gasteiger partial charge >= 0.3 is 0 Å². The molecule has 0 aliphatic heterocycles. The van der Waals surface area contributed by atoms with Crippen LogP contribution in [-0.2, 0) is 4.79 Å². The third kappa shape index (κ3) is 3.55. The minimum Gasteiger partial charge on any atom is -0.350 e. The Labute approximate surface area is 77.1 Å². The monoisotopic (exact) mass is 179 g/mol. The second-order valence-corrected chi connectivity index (χ2v) is 3.00. The summed E-state index contributed by atoms with van der Waals surface area (Å²) < 4.78 is 0. The Balaban J connectivity index is 2.44. The molecule has 0 saturated heterocycles. The molecule has 1 aromatic heterocycles. The van der Waals surface area contributed by atoms with E-state index in [0.717, 1.165) is 5.69 Å². The maximum absolute atomic E-state index is 11.1. The zero-order valence-electron chi connectivity index (χ0n) is 7.74. The summed E-state index contributed by atoms with van der Waals surface area (Å²) >= 11 is 0. The number of carbonyl (C=O) groups excluding carboxylic acids is 1. The number of nitrogens with zero attached hydrogens (tertiary/aromatic N) is 1. The van der Waals surface area contributed by atoms with Crippen LogP contribution in [-0.4, -0.2) is 21.9 Å². The predicted molar refractivity (Wildman–Crippen MR) is 50.9 cm³/mol. The number of H-pyrrole nitrogens is 1. The Morgan fingerprint density at radius 1 is 1.69 bits per heavy atom. The molecule has 0 unspecified atom stereocenters.